The van der Waals surface area contributed by atoms with E-state index in [0.29, 0.717) is 56.6 Å². The number of aromatic nitrogens is 3. The SMILES string of the molecule is O=C(N[C@H](Cc1ccc(O)c(Br)c1)C(=O)N1CCN(c2ccncc2)CC1)N1CCC(n2c(=O)[nH]c3ccccc32)CC1. The third kappa shape index (κ3) is 6.24. The second-order valence-electron chi connectivity index (χ2n) is 11.0. The molecule has 11 nitrogen and oxygen atoms in total. The molecule has 2 saturated heterocycles. The van der Waals surface area contributed by atoms with E-state index in [4.69, 9.17) is 0 Å². The number of likely N-dealkylation sites (tertiary alicyclic amines) is 1. The van der Waals surface area contributed by atoms with Crippen molar-refractivity contribution in [2.24, 2.45) is 0 Å². The van der Waals surface area contributed by atoms with Crippen LogP contribution < -0.4 is 15.9 Å². The molecule has 0 saturated carbocycles. The number of fused-ring (bicyclic) bond motifs is 1. The minimum atomic E-state index is -0.773. The Morgan fingerprint density at radius 3 is 2.42 bits per heavy atom. The number of halogens is 1. The number of nitrogens with one attached hydrogen (secondary N) is 2. The lowest BCUT2D eigenvalue weighted by Crippen LogP contribution is -2.57. The number of H-pyrrole nitrogens is 1. The van der Waals surface area contributed by atoms with Gasteiger partial charge in [-0.3, -0.25) is 14.3 Å². The predicted octanol–water partition coefficient (Wildman–Crippen LogP) is 3.50. The van der Waals surface area contributed by atoms with Crippen molar-refractivity contribution in [3.05, 3.63) is 87.5 Å². The fourth-order valence-corrected chi connectivity index (χ4v) is 6.50. The Balaban J connectivity index is 1.13. The number of carbonyl (C=O) groups excluding carboxylic acids is 2. The highest BCUT2D eigenvalue weighted by Gasteiger charge is 2.32. The second-order valence-corrected chi connectivity index (χ2v) is 11.9. The Bertz CT molecular complexity index is 1660. The third-order valence-corrected chi connectivity index (χ3v) is 9.04. The predicted molar refractivity (Wildman–Crippen MR) is 167 cm³/mol. The molecule has 2 aliphatic heterocycles. The molecule has 2 aromatic heterocycles. The van der Waals surface area contributed by atoms with Gasteiger partial charge in [0, 0.05) is 69.8 Å². The highest BCUT2D eigenvalue weighted by atomic mass is 79.9. The smallest absolute Gasteiger partial charge is 0.326 e. The first-order valence-electron chi connectivity index (χ1n) is 14.5. The van der Waals surface area contributed by atoms with Gasteiger partial charge in [0.25, 0.3) is 0 Å². The normalized spacial score (nSPS) is 16.8. The lowest BCUT2D eigenvalue weighted by Gasteiger charge is -2.38. The van der Waals surface area contributed by atoms with E-state index < -0.39 is 6.04 Å². The average molecular weight is 649 g/mol. The molecule has 224 valence electrons. The van der Waals surface area contributed by atoms with Crippen LogP contribution in [-0.4, -0.2) is 86.7 Å². The molecule has 1 atom stereocenters. The summed E-state index contributed by atoms with van der Waals surface area (Å²) < 4.78 is 2.33. The number of pyridine rings is 1. The molecule has 0 aliphatic carbocycles. The molecule has 12 heteroatoms. The van der Waals surface area contributed by atoms with Crippen molar-refractivity contribution < 1.29 is 14.7 Å². The van der Waals surface area contributed by atoms with Gasteiger partial charge >= 0.3 is 11.7 Å². The van der Waals surface area contributed by atoms with Gasteiger partial charge in [0.1, 0.15) is 11.8 Å². The van der Waals surface area contributed by atoms with Crippen LogP contribution in [0.4, 0.5) is 10.5 Å². The van der Waals surface area contributed by atoms with Crippen molar-refractivity contribution >= 4 is 44.6 Å². The number of imidazole rings is 1. The van der Waals surface area contributed by atoms with E-state index in [1.807, 2.05) is 41.3 Å². The van der Waals surface area contributed by atoms with Crippen LogP contribution >= 0.6 is 15.9 Å². The number of para-hydroxylation sites is 2. The molecular weight excluding hydrogens is 614 g/mol. The average Bonchev–Trinajstić information content (AvgIpc) is 3.38. The fraction of sp³-hybridized carbons (Fsp3) is 0.355. The Kier molecular flexibility index (Phi) is 8.37. The topological polar surface area (TPSA) is 127 Å². The number of aromatic amines is 1. The summed E-state index contributed by atoms with van der Waals surface area (Å²) >= 11 is 3.36. The van der Waals surface area contributed by atoms with E-state index in [1.165, 1.54) is 0 Å². The zero-order valence-corrected chi connectivity index (χ0v) is 25.2. The minimum absolute atomic E-state index is 0.0174. The first kappa shape index (κ1) is 28.8. The van der Waals surface area contributed by atoms with E-state index in [9.17, 15) is 19.5 Å². The van der Waals surface area contributed by atoms with Gasteiger partial charge in [-0.25, -0.2) is 9.59 Å². The fourth-order valence-electron chi connectivity index (χ4n) is 6.08. The van der Waals surface area contributed by atoms with Crippen molar-refractivity contribution in [3.8, 4) is 5.75 Å². The van der Waals surface area contributed by atoms with Crippen LogP contribution in [-0.2, 0) is 11.2 Å². The van der Waals surface area contributed by atoms with E-state index in [1.54, 1.807) is 40.1 Å². The van der Waals surface area contributed by atoms with Crippen LogP contribution in [0.2, 0.25) is 0 Å². The molecule has 3 N–H and O–H groups in total. The number of hydrogen-bond acceptors (Lipinski definition) is 6. The molecule has 0 radical (unpaired) electrons. The number of rotatable bonds is 6. The van der Waals surface area contributed by atoms with Crippen LogP contribution in [0.1, 0.15) is 24.4 Å². The zero-order chi connectivity index (χ0) is 29.9. The molecule has 3 amide bonds. The highest BCUT2D eigenvalue weighted by molar-refractivity contribution is 9.10. The Labute approximate surface area is 257 Å². The summed E-state index contributed by atoms with van der Waals surface area (Å²) in [4.78, 5) is 52.8. The van der Waals surface area contributed by atoms with Gasteiger partial charge < -0.3 is 30.1 Å². The summed E-state index contributed by atoms with van der Waals surface area (Å²) in [5.74, 6) is -0.0211. The molecule has 43 heavy (non-hydrogen) atoms. The molecule has 2 aliphatic rings. The van der Waals surface area contributed by atoms with Crippen LogP contribution in [0.5, 0.6) is 5.75 Å². The maximum atomic E-state index is 13.8. The zero-order valence-electron chi connectivity index (χ0n) is 23.7. The largest absolute Gasteiger partial charge is 0.507 e. The number of carbonyl (C=O) groups is 2. The first-order valence-corrected chi connectivity index (χ1v) is 15.3. The number of aromatic hydroxyl groups is 1. The highest BCUT2D eigenvalue weighted by Crippen LogP contribution is 2.27. The molecule has 4 heterocycles. The molecule has 0 unspecified atom stereocenters. The number of hydrogen-bond donors (Lipinski definition) is 3. The summed E-state index contributed by atoms with van der Waals surface area (Å²) in [6, 6.07) is 15.6. The first-order chi connectivity index (χ1) is 20.9. The van der Waals surface area contributed by atoms with Crippen molar-refractivity contribution in [2.75, 3.05) is 44.2 Å². The van der Waals surface area contributed by atoms with Crippen LogP contribution in [0, 0.1) is 0 Å². The second kappa shape index (κ2) is 12.5. The lowest BCUT2D eigenvalue weighted by molar-refractivity contribution is -0.133. The molecule has 0 spiro atoms. The van der Waals surface area contributed by atoms with Gasteiger partial charge in [-0.1, -0.05) is 18.2 Å². The monoisotopic (exact) mass is 647 g/mol. The lowest BCUT2D eigenvalue weighted by atomic mass is 10.0. The van der Waals surface area contributed by atoms with Gasteiger partial charge in [0.15, 0.2) is 0 Å². The van der Waals surface area contributed by atoms with Crippen molar-refractivity contribution in [1.29, 1.82) is 0 Å². The van der Waals surface area contributed by atoms with Crippen molar-refractivity contribution in [1.82, 2.24) is 29.7 Å². The molecule has 2 aromatic carbocycles. The molecular formula is C31H34BrN7O4. The number of piperazine rings is 1. The van der Waals surface area contributed by atoms with Crippen LogP contribution in [0.25, 0.3) is 11.0 Å². The van der Waals surface area contributed by atoms with Crippen molar-refractivity contribution in [2.45, 2.75) is 31.3 Å². The summed E-state index contributed by atoms with van der Waals surface area (Å²) in [7, 11) is 0. The van der Waals surface area contributed by atoms with Gasteiger partial charge in [0.05, 0.1) is 15.5 Å². The third-order valence-electron chi connectivity index (χ3n) is 8.41. The van der Waals surface area contributed by atoms with E-state index >= 15 is 0 Å². The molecule has 0 bridgehead atoms. The number of anilines is 1. The summed E-state index contributed by atoms with van der Waals surface area (Å²) in [5, 5.41) is 13.0. The summed E-state index contributed by atoms with van der Waals surface area (Å²) in [6.07, 6.45) is 5.08. The van der Waals surface area contributed by atoms with Gasteiger partial charge in [-0.15, -0.1) is 0 Å². The van der Waals surface area contributed by atoms with Gasteiger partial charge in [-0.2, -0.15) is 0 Å². The summed E-state index contributed by atoms with van der Waals surface area (Å²) in [6.45, 7) is 3.39. The molecule has 6 rings (SSSR count). The molecule has 2 fully saturated rings. The quantitative estimate of drug-likeness (QED) is 0.294. The number of benzene rings is 2. The number of urea groups is 1. The maximum absolute atomic E-state index is 13.8. The molecule has 4 aromatic rings. The summed E-state index contributed by atoms with van der Waals surface area (Å²) in [5.41, 5.74) is 3.41. The standard InChI is InChI=1S/C31H34BrN7O4/c32-24-19-21(5-6-28(24)40)20-26(29(41)37-17-15-36(16-18-37)22-7-11-33-12-8-22)35-30(42)38-13-9-23(10-14-38)39-27-4-2-1-3-25(27)34-31(39)43/h1-8,11-12,19,23,26,40H,9-10,13-18,20H2,(H,34,43)(H,35,42)/t26-/m1/s1. The maximum Gasteiger partial charge on any atom is 0.326 e. The van der Waals surface area contributed by atoms with Crippen molar-refractivity contribution in [3.63, 3.8) is 0 Å². The number of amides is 3. The van der Waals surface area contributed by atoms with Gasteiger partial charge in [-0.05, 0) is 70.7 Å². The number of phenols is 1. The number of phenolic OH excluding ortho intramolecular Hbond substituents is 1. The van der Waals surface area contributed by atoms with Gasteiger partial charge in [0.2, 0.25) is 5.91 Å². The number of nitrogens with zero attached hydrogens (tertiary/aromatic N) is 5. The number of piperidine rings is 1. The van der Waals surface area contributed by atoms with E-state index in [2.05, 4.69) is 36.1 Å². The van der Waals surface area contributed by atoms with E-state index in [-0.39, 0.29) is 35.8 Å². The Hall–Kier alpha value is -4.32. The Morgan fingerprint density at radius 2 is 1.70 bits per heavy atom. The Morgan fingerprint density at radius 1 is 0.977 bits per heavy atom. The van der Waals surface area contributed by atoms with E-state index in [0.717, 1.165) is 22.3 Å². The minimum Gasteiger partial charge on any atom is -0.507 e. The van der Waals surface area contributed by atoms with Crippen LogP contribution in [0.3, 0.4) is 0 Å². The van der Waals surface area contributed by atoms with Crippen LogP contribution in [0.15, 0.2) is 76.3 Å².